The molecule has 1 aromatic rings. The fourth-order valence-electron chi connectivity index (χ4n) is 2.86. The Morgan fingerprint density at radius 1 is 1.47 bits per heavy atom. The Balaban J connectivity index is 1.79. The molecule has 94 valence electrons. The van der Waals surface area contributed by atoms with Crippen molar-refractivity contribution in [3.05, 3.63) is 24.2 Å². The van der Waals surface area contributed by atoms with Crippen molar-refractivity contribution < 1.29 is 9.21 Å². The average molecular weight is 234 g/mol. The maximum Gasteiger partial charge on any atom is 0.136 e. The average Bonchev–Trinajstić information content (AvgIpc) is 2.89. The van der Waals surface area contributed by atoms with Crippen LogP contribution in [0.5, 0.6) is 0 Å². The molecule has 0 amide bonds. The zero-order chi connectivity index (χ0) is 12.1. The van der Waals surface area contributed by atoms with Crippen LogP contribution in [0.4, 0.5) is 0 Å². The Morgan fingerprint density at radius 3 is 3.06 bits per heavy atom. The third-order valence-corrected chi connectivity index (χ3v) is 4.01. The summed E-state index contributed by atoms with van der Waals surface area (Å²) in [5.74, 6) is 2.48. The first-order chi connectivity index (χ1) is 8.29. The number of carbonyl (C=O) groups excluding carboxylic acids is 1. The van der Waals surface area contributed by atoms with E-state index >= 15 is 0 Å². The quantitative estimate of drug-likeness (QED) is 0.771. The zero-order valence-electron chi connectivity index (χ0n) is 10.7. The molecule has 2 rings (SSSR count). The lowest BCUT2D eigenvalue weighted by atomic mass is 9.77. The molecular formula is C15H22O2. The maximum atomic E-state index is 12.1. The highest BCUT2D eigenvalue weighted by atomic mass is 16.3. The number of furan rings is 1. The van der Waals surface area contributed by atoms with Gasteiger partial charge >= 0.3 is 0 Å². The summed E-state index contributed by atoms with van der Waals surface area (Å²) in [5.41, 5.74) is 0. The van der Waals surface area contributed by atoms with Crippen LogP contribution < -0.4 is 0 Å². The second-order valence-electron chi connectivity index (χ2n) is 5.18. The van der Waals surface area contributed by atoms with E-state index in [1.165, 1.54) is 19.3 Å². The van der Waals surface area contributed by atoms with Crippen LogP contribution in [0.25, 0.3) is 0 Å². The van der Waals surface area contributed by atoms with Crippen LogP contribution in [-0.2, 0) is 11.2 Å². The van der Waals surface area contributed by atoms with Crippen molar-refractivity contribution in [2.75, 3.05) is 0 Å². The van der Waals surface area contributed by atoms with E-state index in [-0.39, 0.29) is 0 Å². The maximum absolute atomic E-state index is 12.1. The van der Waals surface area contributed by atoms with Gasteiger partial charge in [-0.05, 0) is 30.9 Å². The van der Waals surface area contributed by atoms with Gasteiger partial charge in [0.15, 0.2) is 0 Å². The van der Waals surface area contributed by atoms with Gasteiger partial charge in [-0.2, -0.15) is 0 Å². The summed E-state index contributed by atoms with van der Waals surface area (Å²) in [4.78, 5) is 12.1. The summed E-state index contributed by atoms with van der Waals surface area (Å²) in [6, 6.07) is 3.83. The second kappa shape index (κ2) is 6.04. The van der Waals surface area contributed by atoms with Gasteiger partial charge in [-0.1, -0.05) is 26.2 Å². The fourth-order valence-corrected chi connectivity index (χ4v) is 2.86. The molecule has 2 atom stereocenters. The minimum absolute atomic E-state index is 0.323. The molecule has 2 unspecified atom stereocenters. The van der Waals surface area contributed by atoms with E-state index < -0.39 is 0 Å². The van der Waals surface area contributed by atoms with Gasteiger partial charge in [-0.25, -0.2) is 0 Å². The first-order valence-electron chi connectivity index (χ1n) is 6.84. The van der Waals surface area contributed by atoms with Crippen molar-refractivity contribution in [2.24, 2.45) is 11.8 Å². The number of carbonyl (C=O) groups is 1. The van der Waals surface area contributed by atoms with Crippen molar-refractivity contribution in [3.63, 3.8) is 0 Å². The highest BCUT2D eigenvalue weighted by Crippen LogP contribution is 2.32. The Labute approximate surface area is 103 Å². The SMILES string of the molecule is CCC1CCCC(C(=O)CCc2ccco2)C1. The van der Waals surface area contributed by atoms with Crippen molar-refractivity contribution in [1.29, 1.82) is 0 Å². The molecular weight excluding hydrogens is 212 g/mol. The third kappa shape index (κ3) is 3.45. The molecule has 17 heavy (non-hydrogen) atoms. The minimum atomic E-state index is 0.323. The lowest BCUT2D eigenvalue weighted by molar-refractivity contribution is -0.124. The summed E-state index contributed by atoms with van der Waals surface area (Å²) in [6.45, 7) is 2.24. The smallest absolute Gasteiger partial charge is 0.136 e. The number of rotatable bonds is 5. The van der Waals surface area contributed by atoms with Gasteiger partial charge < -0.3 is 4.42 Å². The van der Waals surface area contributed by atoms with Crippen LogP contribution in [0, 0.1) is 11.8 Å². The summed E-state index contributed by atoms with van der Waals surface area (Å²) in [5, 5.41) is 0. The lowest BCUT2D eigenvalue weighted by Gasteiger charge is -2.27. The van der Waals surface area contributed by atoms with Gasteiger partial charge in [0.25, 0.3) is 0 Å². The summed E-state index contributed by atoms with van der Waals surface area (Å²) in [7, 11) is 0. The lowest BCUT2D eigenvalue weighted by Crippen LogP contribution is -2.23. The molecule has 1 saturated carbocycles. The number of ketones is 1. The Kier molecular flexibility index (Phi) is 4.41. The highest BCUT2D eigenvalue weighted by molar-refractivity contribution is 5.81. The predicted molar refractivity (Wildman–Crippen MR) is 67.8 cm³/mol. The molecule has 1 fully saturated rings. The molecule has 2 nitrogen and oxygen atoms in total. The molecule has 1 aliphatic rings. The van der Waals surface area contributed by atoms with Crippen LogP contribution in [0.2, 0.25) is 0 Å². The molecule has 0 aliphatic heterocycles. The van der Waals surface area contributed by atoms with Crippen molar-refractivity contribution >= 4 is 5.78 Å². The zero-order valence-corrected chi connectivity index (χ0v) is 10.7. The molecule has 0 spiro atoms. The molecule has 2 heteroatoms. The molecule has 0 saturated heterocycles. The van der Waals surface area contributed by atoms with E-state index in [1.54, 1.807) is 6.26 Å². The van der Waals surface area contributed by atoms with Gasteiger partial charge in [0.2, 0.25) is 0 Å². The first-order valence-corrected chi connectivity index (χ1v) is 6.84. The number of hydrogen-bond donors (Lipinski definition) is 0. The molecule has 1 aromatic heterocycles. The molecule has 0 bridgehead atoms. The molecule has 1 heterocycles. The summed E-state index contributed by atoms with van der Waals surface area (Å²) in [6.07, 6.45) is 9.08. The number of Topliss-reactive ketones (excluding diaryl/α,β-unsaturated/α-hetero) is 1. The van der Waals surface area contributed by atoms with Crippen molar-refractivity contribution in [2.45, 2.75) is 51.9 Å². The third-order valence-electron chi connectivity index (χ3n) is 4.01. The Bertz CT molecular complexity index is 340. The van der Waals surface area contributed by atoms with E-state index in [0.29, 0.717) is 18.1 Å². The van der Waals surface area contributed by atoms with Crippen molar-refractivity contribution in [3.8, 4) is 0 Å². The molecule has 1 aliphatic carbocycles. The summed E-state index contributed by atoms with van der Waals surface area (Å²) < 4.78 is 5.26. The standard InChI is InChI=1S/C15H22O2/c1-2-12-5-3-6-13(11-12)15(16)9-8-14-7-4-10-17-14/h4,7,10,12-13H,2-3,5-6,8-9,11H2,1H3. The molecule has 0 aromatic carbocycles. The van der Waals surface area contributed by atoms with Gasteiger partial charge in [0.1, 0.15) is 11.5 Å². The largest absolute Gasteiger partial charge is 0.469 e. The molecule has 0 radical (unpaired) electrons. The Hall–Kier alpha value is -1.05. The second-order valence-corrected chi connectivity index (χ2v) is 5.18. The van der Waals surface area contributed by atoms with Crippen LogP contribution >= 0.6 is 0 Å². The van der Waals surface area contributed by atoms with Crippen molar-refractivity contribution in [1.82, 2.24) is 0 Å². The predicted octanol–water partition coefficient (Wildman–Crippen LogP) is 4.00. The van der Waals surface area contributed by atoms with Crippen LogP contribution in [0.3, 0.4) is 0 Å². The minimum Gasteiger partial charge on any atom is -0.469 e. The van der Waals surface area contributed by atoms with Gasteiger partial charge in [0.05, 0.1) is 6.26 Å². The van der Waals surface area contributed by atoms with E-state index in [4.69, 9.17) is 4.42 Å². The normalized spacial score (nSPS) is 24.8. The van der Waals surface area contributed by atoms with Gasteiger partial charge in [-0.3, -0.25) is 4.79 Å². The highest BCUT2D eigenvalue weighted by Gasteiger charge is 2.25. The summed E-state index contributed by atoms with van der Waals surface area (Å²) >= 11 is 0. The Morgan fingerprint density at radius 2 is 2.35 bits per heavy atom. The van der Waals surface area contributed by atoms with E-state index in [2.05, 4.69) is 6.92 Å². The van der Waals surface area contributed by atoms with Gasteiger partial charge in [-0.15, -0.1) is 0 Å². The van der Waals surface area contributed by atoms with Crippen LogP contribution in [-0.4, -0.2) is 5.78 Å². The van der Waals surface area contributed by atoms with E-state index in [9.17, 15) is 4.79 Å². The number of aryl methyl sites for hydroxylation is 1. The van der Waals surface area contributed by atoms with E-state index in [0.717, 1.165) is 30.9 Å². The van der Waals surface area contributed by atoms with Crippen LogP contribution in [0.1, 0.15) is 51.2 Å². The molecule has 0 N–H and O–H groups in total. The first kappa shape index (κ1) is 12.4. The van der Waals surface area contributed by atoms with Gasteiger partial charge in [0, 0.05) is 18.8 Å². The van der Waals surface area contributed by atoms with Crippen LogP contribution in [0.15, 0.2) is 22.8 Å². The monoisotopic (exact) mass is 234 g/mol. The number of hydrogen-bond acceptors (Lipinski definition) is 2. The van der Waals surface area contributed by atoms with E-state index in [1.807, 2.05) is 12.1 Å². The topological polar surface area (TPSA) is 30.2 Å². The fraction of sp³-hybridized carbons (Fsp3) is 0.667.